The van der Waals surface area contributed by atoms with Gasteiger partial charge in [0, 0.05) is 37.5 Å². The molecule has 0 saturated carbocycles. The van der Waals surface area contributed by atoms with E-state index in [0.29, 0.717) is 6.54 Å². The van der Waals surface area contributed by atoms with Gasteiger partial charge in [-0.25, -0.2) is 0 Å². The maximum atomic E-state index is 12.5. The first-order chi connectivity index (χ1) is 11.4. The van der Waals surface area contributed by atoms with Crippen LogP contribution in [0, 0.1) is 5.92 Å². The Morgan fingerprint density at radius 1 is 1.29 bits per heavy atom. The number of amides is 1. The molecular formula is C20H33N3O. The Bertz CT molecular complexity index is 565. The molecule has 0 bridgehead atoms. The summed E-state index contributed by atoms with van der Waals surface area (Å²) >= 11 is 0. The highest BCUT2D eigenvalue weighted by molar-refractivity contribution is 6.15. The van der Waals surface area contributed by atoms with Gasteiger partial charge >= 0.3 is 0 Å². The van der Waals surface area contributed by atoms with Gasteiger partial charge in [-0.2, -0.15) is 0 Å². The summed E-state index contributed by atoms with van der Waals surface area (Å²) in [7, 11) is 3.65. The van der Waals surface area contributed by atoms with E-state index in [1.807, 2.05) is 40.0 Å². The van der Waals surface area contributed by atoms with Crippen LogP contribution in [-0.2, 0) is 4.79 Å². The first kappa shape index (κ1) is 21.9. The summed E-state index contributed by atoms with van der Waals surface area (Å²) in [5, 5.41) is 6.06. The van der Waals surface area contributed by atoms with Crippen molar-refractivity contribution >= 4 is 11.6 Å². The Kier molecular flexibility index (Phi) is 10.4. The summed E-state index contributed by atoms with van der Waals surface area (Å²) in [6, 6.07) is 0. The molecule has 0 heterocycles. The molecule has 0 fully saturated rings. The second-order valence-corrected chi connectivity index (χ2v) is 5.70. The Hall–Kier alpha value is -2.10. The van der Waals surface area contributed by atoms with E-state index in [1.165, 1.54) is 0 Å². The van der Waals surface area contributed by atoms with Crippen LogP contribution in [0.5, 0.6) is 0 Å². The molecule has 0 aromatic heterocycles. The molecule has 2 N–H and O–H groups in total. The van der Waals surface area contributed by atoms with Gasteiger partial charge in [0.05, 0.1) is 5.71 Å². The molecule has 134 valence electrons. The second-order valence-electron chi connectivity index (χ2n) is 5.70. The van der Waals surface area contributed by atoms with Crippen molar-refractivity contribution < 1.29 is 4.79 Å². The van der Waals surface area contributed by atoms with Crippen molar-refractivity contribution in [3.63, 3.8) is 0 Å². The van der Waals surface area contributed by atoms with Gasteiger partial charge in [0.2, 0.25) is 5.91 Å². The highest BCUT2D eigenvalue weighted by Crippen LogP contribution is 2.20. The molecule has 0 radical (unpaired) electrons. The van der Waals surface area contributed by atoms with Crippen LogP contribution >= 0.6 is 0 Å². The number of hydrogen-bond acceptors (Lipinski definition) is 3. The fourth-order valence-corrected chi connectivity index (χ4v) is 2.28. The van der Waals surface area contributed by atoms with Crippen LogP contribution in [-0.4, -0.2) is 32.3 Å². The van der Waals surface area contributed by atoms with Crippen LogP contribution in [0.25, 0.3) is 0 Å². The van der Waals surface area contributed by atoms with E-state index in [-0.39, 0.29) is 11.8 Å². The molecule has 1 unspecified atom stereocenters. The van der Waals surface area contributed by atoms with Gasteiger partial charge in [-0.05, 0) is 44.8 Å². The fourth-order valence-electron chi connectivity index (χ4n) is 2.28. The van der Waals surface area contributed by atoms with E-state index in [1.54, 1.807) is 13.1 Å². The van der Waals surface area contributed by atoms with Crippen LogP contribution in [0.4, 0.5) is 0 Å². The molecular weight excluding hydrogens is 298 g/mol. The average Bonchev–Trinajstić information content (AvgIpc) is 2.58. The molecule has 1 amide bonds. The minimum absolute atomic E-state index is 0.0239. The highest BCUT2D eigenvalue weighted by atomic mass is 16.1. The van der Waals surface area contributed by atoms with Crippen LogP contribution in [0.3, 0.4) is 0 Å². The standard InChI is InChI=1S/C20H33N3O/c1-9-12-17(19(22-8)15(5)16(6)21-7)13-18(14(4)10-2)20(24)23-11-3/h9,12-14,21H,1,10-11H2,2-8H3,(H,23,24)/b16-15+,17-12+,18-13+,22-19?. The van der Waals surface area contributed by atoms with Gasteiger partial charge in [-0.15, -0.1) is 0 Å². The molecule has 24 heavy (non-hydrogen) atoms. The fraction of sp³-hybridized carbons (Fsp3) is 0.500. The first-order valence-electron chi connectivity index (χ1n) is 8.52. The summed E-state index contributed by atoms with van der Waals surface area (Å²) in [6.45, 7) is 14.5. The first-order valence-corrected chi connectivity index (χ1v) is 8.52. The zero-order valence-electron chi connectivity index (χ0n) is 16.3. The number of rotatable bonds is 9. The minimum atomic E-state index is -0.0239. The number of nitrogens with zero attached hydrogens (tertiary/aromatic N) is 1. The Morgan fingerprint density at radius 3 is 2.33 bits per heavy atom. The van der Waals surface area contributed by atoms with Crippen molar-refractivity contribution in [1.29, 1.82) is 0 Å². The number of carbonyl (C=O) groups is 1. The maximum absolute atomic E-state index is 12.5. The third-order valence-corrected chi connectivity index (χ3v) is 4.14. The van der Waals surface area contributed by atoms with E-state index < -0.39 is 0 Å². The van der Waals surface area contributed by atoms with Crippen LogP contribution in [0.2, 0.25) is 0 Å². The quantitative estimate of drug-likeness (QED) is 0.384. The van der Waals surface area contributed by atoms with Crippen molar-refractivity contribution in [3.05, 3.63) is 47.2 Å². The van der Waals surface area contributed by atoms with E-state index in [9.17, 15) is 4.79 Å². The zero-order valence-corrected chi connectivity index (χ0v) is 16.3. The molecule has 0 aliphatic rings. The molecule has 0 aromatic rings. The Morgan fingerprint density at radius 2 is 1.92 bits per heavy atom. The van der Waals surface area contributed by atoms with Gasteiger partial charge in [0.15, 0.2) is 0 Å². The SMILES string of the molecule is C=C/C=C(\C=C(\C(=O)NCC)C(C)CC)C(=NC)/C(C)=C(\C)NC. The summed E-state index contributed by atoms with van der Waals surface area (Å²) in [4.78, 5) is 16.9. The summed E-state index contributed by atoms with van der Waals surface area (Å²) in [6.07, 6.45) is 6.46. The smallest absolute Gasteiger partial charge is 0.247 e. The molecule has 0 saturated heterocycles. The number of carbonyl (C=O) groups excluding carboxylic acids is 1. The number of allylic oxidation sites excluding steroid dienone is 6. The Labute approximate surface area is 147 Å². The molecule has 0 spiro atoms. The molecule has 4 nitrogen and oxygen atoms in total. The lowest BCUT2D eigenvalue weighted by atomic mass is 9.92. The van der Waals surface area contributed by atoms with Crippen LogP contribution in [0.1, 0.15) is 41.0 Å². The zero-order chi connectivity index (χ0) is 18.7. The summed E-state index contributed by atoms with van der Waals surface area (Å²) in [5.74, 6) is 0.141. The van der Waals surface area contributed by atoms with Gasteiger partial charge in [-0.3, -0.25) is 9.79 Å². The lowest BCUT2D eigenvalue weighted by molar-refractivity contribution is -0.117. The lowest BCUT2D eigenvalue weighted by Crippen LogP contribution is -2.27. The largest absolute Gasteiger partial charge is 0.391 e. The molecule has 0 aliphatic heterocycles. The minimum Gasteiger partial charge on any atom is -0.391 e. The Balaban J connectivity index is 6.17. The highest BCUT2D eigenvalue weighted by Gasteiger charge is 2.17. The van der Waals surface area contributed by atoms with Gasteiger partial charge < -0.3 is 10.6 Å². The summed E-state index contributed by atoms with van der Waals surface area (Å²) < 4.78 is 0. The second kappa shape index (κ2) is 11.4. The number of hydrogen-bond donors (Lipinski definition) is 2. The van der Waals surface area contributed by atoms with E-state index in [2.05, 4.69) is 36.1 Å². The number of aliphatic imine (C=N–C) groups is 1. The van der Waals surface area contributed by atoms with Gasteiger partial charge in [0.1, 0.15) is 0 Å². The van der Waals surface area contributed by atoms with Gasteiger partial charge in [0.25, 0.3) is 0 Å². The van der Waals surface area contributed by atoms with E-state index in [0.717, 1.165) is 34.5 Å². The van der Waals surface area contributed by atoms with Gasteiger partial charge in [-0.1, -0.05) is 32.6 Å². The topological polar surface area (TPSA) is 53.5 Å². The predicted molar refractivity (Wildman–Crippen MR) is 105 cm³/mol. The van der Waals surface area contributed by atoms with Crippen LogP contribution < -0.4 is 10.6 Å². The van der Waals surface area contributed by atoms with Crippen molar-refractivity contribution in [2.45, 2.75) is 41.0 Å². The van der Waals surface area contributed by atoms with Crippen LogP contribution in [0.15, 0.2) is 52.2 Å². The molecule has 0 rings (SSSR count). The normalized spacial score (nSPS) is 15.5. The molecule has 0 aromatic carbocycles. The predicted octanol–water partition coefficient (Wildman–Crippen LogP) is 3.79. The maximum Gasteiger partial charge on any atom is 0.247 e. The van der Waals surface area contributed by atoms with E-state index >= 15 is 0 Å². The molecule has 1 atom stereocenters. The molecule has 4 heteroatoms. The molecule has 0 aliphatic carbocycles. The van der Waals surface area contributed by atoms with Crippen molar-refractivity contribution in [2.24, 2.45) is 10.9 Å². The third kappa shape index (κ3) is 6.19. The number of likely N-dealkylation sites (N-methyl/N-ethyl adjacent to an activating group) is 1. The van der Waals surface area contributed by atoms with Crippen molar-refractivity contribution in [1.82, 2.24) is 10.6 Å². The van der Waals surface area contributed by atoms with Crippen molar-refractivity contribution in [3.8, 4) is 0 Å². The average molecular weight is 332 g/mol. The lowest BCUT2D eigenvalue weighted by Gasteiger charge is -2.17. The van der Waals surface area contributed by atoms with E-state index in [4.69, 9.17) is 0 Å². The monoisotopic (exact) mass is 331 g/mol. The van der Waals surface area contributed by atoms with Crippen molar-refractivity contribution in [2.75, 3.05) is 20.6 Å². The number of nitrogens with one attached hydrogen (secondary N) is 2. The third-order valence-electron chi connectivity index (χ3n) is 4.14. The summed E-state index contributed by atoms with van der Waals surface area (Å²) in [5.41, 5.74) is 4.60.